The van der Waals surface area contributed by atoms with Crippen molar-refractivity contribution in [3.8, 4) is 0 Å². The van der Waals surface area contributed by atoms with E-state index in [-0.39, 0.29) is 5.92 Å². The zero-order valence-electron chi connectivity index (χ0n) is 9.35. The summed E-state index contributed by atoms with van der Waals surface area (Å²) in [7, 11) is 0. The highest BCUT2D eigenvalue weighted by Gasteiger charge is 2.52. The van der Waals surface area contributed by atoms with Crippen LogP contribution in [0.25, 0.3) is 0 Å². The molecule has 1 N–H and O–H groups in total. The van der Waals surface area contributed by atoms with Crippen LogP contribution < -0.4 is 0 Å². The highest BCUT2D eigenvalue weighted by atomic mass is 16.5. The lowest BCUT2D eigenvalue weighted by molar-refractivity contribution is -0.169. The molecule has 0 aromatic heterocycles. The van der Waals surface area contributed by atoms with Crippen LogP contribution in [0.1, 0.15) is 25.3 Å². The standard InChI is InChI=1S/C13H16O3/c1-2-16-12(14)13(15,11-8-9-11)10-6-4-3-5-7-10/h3-7,11,15H,2,8-9H2,1H3. The molecule has 0 spiro atoms. The zero-order valence-corrected chi connectivity index (χ0v) is 9.35. The summed E-state index contributed by atoms with van der Waals surface area (Å²) in [6.45, 7) is 2.04. The molecule has 3 nitrogen and oxygen atoms in total. The number of ether oxygens (including phenoxy) is 1. The second kappa shape index (κ2) is 4.26. The molecule has 1 aliphatic rings. The Labute approximate surface area is 95.0 Å². The molecular formula is C13H16O3. The molecule has 1 fully saturated rings. The Morgan fingerprint density at radius 2 is 2.06 bits per heavy atom. The summed E-state index contributed by atoms with van der Waals surface area (Å²) in [5.41, 5.74) is -0.812. The van der Waals surface area contributed by atoms with Crippen LogP contribution in [0.5, 0.6) is 0 Å². The first-order chi connectivity index (χ1) is 7.69. The Balaban J connectivity index is 2.32. The molecule has 3 heteroatoms. The van der Waals surface area contributed by atoms with Crippen molar-refractivity contribution in [3.05, 3.63) is 35.9 Å². The lowest BCUT2D eigenvalue weighted by Crippen LogP contribution is -2.39. The van der Waals surface area contributed by atoms with E-state index in [4.69, 9.17) is 4.74 Å². The quantitative estimate of drug-likeness (QED) is 0.788. The summed E-state index contributed by atoms with van der Waals surface area (Å²) in [5.74, 6) is -0.516. The molecule has 0 radical (unpaired) electrons. The van der Waals surface area contributed by atoms with Crippen molar-refractivity contribution in [2.45, 2.75) is 25.4 Å². The maximum atomic E-state index is 11.9. The molecule has 0 aliphatic heterocycles. The van der Waals surface area contributed by atoms with E-state index in [0.29, 0.717) is 12.2 Å². The van der Waals surface area contributed by atoms with Crippen molar-refractivity contribution >= 4 is 5.97 Å². The molecule has 0 amide bonds. The van der Waals surface area contributed by atoms with E-state index in [2.05, 4.69) is 0 Å². The van der Waals surface area contributed by atoms with Crippen LogP contribution in [0.2, 0.25) is 0 Å². The van der Waals surface area contributed by atoms with Gasteiger partial charge >= 0.3 is 5.97 Å². The maximum absolute atomic E-state index is 11.9. The molecule has 0 saturated heterocycles. The van der Waals surface area contributed by atoms with Crippen molar-refractivity contribution in [2.75, 3.05) is 6.61 Å². The SMILES string of the molecule is CCOC(=O)C(O)(c1ccccc1)C1CC1. The van der Waals surface area contributed by atoms with Gasteiger partial charge in [-0.25, -0.2) is 4.79 Å². The van der Waals surface area contributed by atoms with Gasteiger partial charge in [0.2, 0.25) is 0 Å². The Hall–Kier alpha value is -1.35. The first-order valence-electron chi connectivity index (χ1n) is 5.64. The second-order valence-electron chi connectivity index (χ2n) is 4.13. The van der Waals surface area contributed by atoms with Gasteiger partial charge in [0.1, 0.15) is 0 Å². The summed E-state index contributed by atoms with van der Waals surface area (Å²) >= 11 is 0. The molecule has 16 heavy (non-hydrogen) atoms. The Kier molecular flexibility index (Phi) is 2.97. The van der Waals surface area contributed by atoms with E-state index in [1.165, 1.54) is 0 Å². The highest BCUT2D eigenvalue weighted by Crippen LogP contribution is 2.46. The van der Waals surface area contributed by atoms with Gasteiger partial charge in [0.25, 0.3) is 0 Å². The molecule has 0 heterocycles. The predicted molar refractivity (Wildman–Crippen MR) is 59.7 cm³/mol. The van der Waals surface area contributed by atoms with Crippen LogP contribution in [0, 0.1) is 5.92 Å². The van der Waals surface area contributed by atoms with Crippen LogP contribution in [0.4, 0.5) is 0 Å². The molecule has 1 atom stereocenters. The number of aliphatic hydroxyl groups is 1. The third kappa shape index (κ3) is 1.83. The van der Waals surface area contributed by atoms with Gasteiger partial charge in [0.05, 0.1) is 6.61 Å². The first kappa shape index (κ1) is 11.1. The number of hydrogen-bond donors (Lipinski definition) is 1. The predicted octanol–water partition coefficient (Wildman–Crippen LogP) is 1.85. The topological polar surface area (TPSA) is 46.5 Å². The number of rotatable bonds is 4. The fourth-order valence-electron chi connectivity index (χ4n) is 1.95. The summed E-state index contributed by atoms with van der Waals surface area (Å²) < 4.78 is 4.97. The first-order valence-corrected chi connectivity index (χ1v) is 5.64. The number of carbonyl (C=O) groups is 1. The van der Waals surface area contributed by atoms with E-state index in [9.17, 15) is 9.90 Å². The van der Waals surface area contributed by atoms with Crippen molar-refractivity contribution in [1.82, 2.24) is 0 Å². The molecular weight excluding hydrogens is 204 g/mol. The van der Waals surface area contributed by atoms with Gasteiger partial charge in [-0.15, -0.1) is 0 Å². The Bertz CT molecular complexity index is 370. The minimum absolute atomic E-state index is 0.00829. The number of hydrogen-bond acceptors (Lipinski definition) is 3. The molecule has 86 valence electrons. The van der Waals surface area contributed by atoms with Crippen LogP contribution in [0.15, 0.2) is 30.3 Å². The van der Waals surface area contributed by atoms with Gasteiger partial charge in [-0.2, -0.15) is 0 Å². The van der Waals surface area contributed by atoms with Gasteiger partial charge in [0, 0.05) is 5.92 Å². The third-order valence-electron chi connectivity index (χ3n) is 2.97. The molecule has 2 rings (SSSR count). The second-order valence-corrected chi connectivity index (χ2v) is 4.13. The largest absolute Gasteiger partial charge is 0.464 e. The van der Waals surface area contributed by atoms with Crippen LogP contribution >= 0.6 is 0 Å². The minimum atomic E-state index is -1.45. The van der Waals surface area contributed by atoms with Gasteiger partial charge < -0.3 is 9.84 Å². The summed E-state index contributed by atoms with van der Waals surface area (Å²) in [4.78, 5) is 11.9. The summed E-state index contributed by atoms with van der Waals surface area (Å²) in [5, 5.41) is 10.5. The smallest absolute Gasteiger partial charge is 0.343 e. The van der Waals surface area contributed by atoms with E-state index < -0.39 is 11.6 Å². The molecule has 1 aromatic carbocycles. The summed E-state index contributed by atoms with van der Waals surface area (Å²) in [6.07, 6.45) is 1.76. The van der Waals surface area contributed by atoms with Crippen LogP contribution in [-0.2, 0) is 15.1 Å². The minimum Gasteiger partial charge on any atom is -0.464 e. The van der Waals surface area contributed by atoms with Gasteiger partial charge in [0.15, 0.2) is 5.60 Å². The number of benzene rings is 1. The maximum Gasteiger partial charge on any atom is 0.343 e. The Morgan fingerprint density at radius 3 is 2.56 bits per heavy atom. The third-order valence-corrected chi connectivity index (χ3v) is 2.97. The monoisotopic (exact) mass is 220 g/mol. The average molecular weight is 220 g/mol. The van der Waals surface area contributed by atoms with Crippen molar-refractivity contribution < 1.29 is 14.6 Å². The molecule has 1 aromatic rings. The van der Waals surface area contributed by atoms with E-state index >= 15 is 0 Å². The average Bonchev–Trinajstić information content (AvgIpc) is 3.13. The van der Waals surface area contributed by atoms with Crippen LogP contribution in [-0.4, -0.2) is 17.7 Å². The van der Waals surface area contributed by atoms with E-state index in [1.54, 1.807) is 19.1 Å². The van der Waals surface area contributed by atoms with Gasteiger partial charge in [-0.1, -0.05) is 30.3 Å². The summed E-state index contributed by atoms with van der Waals surface area (Å²) in [6, 6.07) is 9.05. The van der Waals surface area contributed by atoms with E-state index in [0.717, 1.165) is 12.8 Å². The normalized spacial score (nSPS) is 18.9. The van der Waals surface area contributed by atoms with Gasteiger partial charge in [-0.3, -0.25) is 0 Å². The van der Waals surface area contributed by atoms with Gasteiger partial charge in [-0.05, 0) is 25.3 Å². The van der Waals surface area contributed by atoms with Crippen LogP contribution in [0.3, 0.4) is 0 Å². The molecule has 0 bridgehead atoms. The number of carbonyl (C=O) groups excluding carboxylic acids is 1. The molecule has 1 unspecified atom stereocenters. The molecule has 1 aliphatic carbocycles. The fourth-order valence-corrected chi connectivity index (χ4v) is 1.95. The Morgan fingerprint density at radius 1 is 1.44 bits per heavy atom. The zero-order chi connectivity index (χ0) is 11.6. The lowest BCUT2D eigenvalue weighted by atomic mass is 9.89. The van der Waals surface area contributed by atoms with Crippen molar-refractivity contribution in [1.29, 1.82) is 0 Å². The molecule has 1 saturated carbocycles. The highest BCUT2D eigenvalue weighted by molar-refractivity contribution is 5.82. The van der Waals surface area contributed by atoms with Crippen molar-refractivity contribution in [2.24, 2.45) is 5.92 Å². The van der Waals surface area contributed by atoms with E-state index in [1.807, 2.05) is 18.2 Å². The number of esters is 1. The van der Waals surface area contributed by atoms with Crippen molar-refractivity contribution in [3.63, 3.8) is 0 Å². The lowest BCUT2D eigenvalue weighted by Gasteiger charge is -2.26. The fraction of sp³-hybridized carbons (Fsp3) is 0.462.